The summed E-state index contributed by atoms with van der Waals surface area (Å²) >= 11 is 0. The third-order valence-electron chi connectivity index (χ3n) is 3.00. The number of carbonyl (C=O) groups is 1. The fourth-order valence-electron chi connectivity index (χ4n) is 2.15. The number of carboxylic acid groups (broad SMARTS) is 1. The lowest BCUT2D eigenvalue weighted by atomic mass is 10.1. The van der Waals surface area contributed by atoms with Gasteiger partial charge in [-0.05, 0) is 45.2 Å². The van der Waals surface area contributed by atoms with Crippen molar-refractivity contribution >= 4 is 5.97 Å². The van der Waals surface area contributed by atoms with Gasteiger partial charge in [-0.1, -0.05) is 12.5 Å². The molecule has 0 aliphatic carbocycles. The Morgan fingerprint density at radius 2 is 2.27 bits per heavy atom. The molecule has 1 heterocycles. The van der Waals surface area contributed by atoms with Crippen LogP contribution < -0.4 is 0 Å². The normalized spacial score (nSPS) is 21.7. The minimum absolute atomic E-state index is 0.218. The Bertz CT molecular complexity index is 216. The highest BCUT2D eigenvalue weighted by atomic mass is 16.4. The van der Waals surface area contributed by atoms with Gasteiger partial charge in [-0.3, -0.25) is 9.69 Å². The van der Waals surface area contributed by atoms with Crippen molar-refractivity contribution < 1.29 is 9.90 Å². The summed E-state index contributed by atoms with van der Waals surface area (Å²) in [5.41, 5.74) is 0. The van der Waals surface area contributed by atoms with Gasteiger partial charge < -0.3 is 5.11 Å². The molecule has 1 unspecified atom stereocenters. The van der Waals surface area contributed by atoms with Crippen LogP contribution in [0.25, 0.3) is 0 Å². The molecule has 1 fully saturated rings. The molecule has 1 aliphatic rings. The van der Waals surface area contributed by atoms with Crippen molar-refractivity contribution in [2.45, 2.75) is 44.6 Å². The fourth-order valence-corrected chi connectivity index (χ4v) is 2.15. The predicted octanol–water partition coefficient (Wildman–Crippen LogP) is 2.28. The molecule has 3 nitrogen and oxygen atoms in total. The number of aliphatic carboxylic acids is 1. The van der Waals surface area contributed by atoms with Gasteiger partial charge in [0.15, 0.2) is 0 Å². The van der Waals surface area contributed by atoms with Crippen LogP contribution in [-0.2, 0) is 4.79 Å². The monoisotopic (exact) mass is 211 g/mol. The van der Waals surface area contributed by atoms with Crippen LogP contribution in [0.3, 0.4) is 0 Å². The minimum Gasteiger partial charge on any atom is -0.480 e. The third-order valence-corrected chi connectivity index (χ3v) is 3.00. The van der Waals surface area contributed by atoms with Gasteiger partial charge in [-0.25, -0.2) is 0 Å². The molecule has 0 spiro atoms. The van der Waals surface area contributed by atoms with Crippen molar-refractivity contribution in [3.63, 3.8) is 0 Å². The fraction of sp³-hybridized carbons (Fsp3) is 0.750. The summed E-state index contributed by atoms with van der Waals surface area (Å²) in [6.45, 7) is 5.58. The molecule has 0 bridgehead atoms. The van der Waals surface area contributed by atoms with Gasteiger partial charge in [0.05, 0.1) is 0 Å². The average molecular weight is 211 g/mol. The number of likely N-dealkylation sites (tertiary alicyclic amines) is 1. The molecular formula is C12H21NO2. The molecule has 0 aromatic heterocycles. The van der Waals surface area contributed by atoms with Crippen molar-refractivity contribution in [1.29, 1.82) is 0 Å². The zero-order chi connectivity index (χ0) is 11.1. The van der Waals surface area contributed by atoms with Crippen LogP contribution in [0.5, 0.6) is 0 Å². The smallest absolute Gasteiger partial charge is 0.320 e. The van der Waals surface area contributed by atoms with Crippen LogP contribution in [0.4, 0.5) is 0 Å². The van der Waals surface area contributed by atoms with Crippen molar-refractivity contribution in [1.82, 2.24) is 4.90 Å². The van der Waals surface area contributed by atoms with Crippen molar-refractivity contribution in [2.75, 3.05) is 13.1 Å². The summed E-state index contributed by atoms with van der Waals surface area (Å²) in [6.07, 6.45) is 8.32. The summed E-state index contributed by atoms with van der Waals surface area (Å²) in [4.78, 5) is 13.0. The van der Waals surface area contributed by atoms with Crippen molar-refractivity contribution in [3.05, 3.63) is 12.7 Å². The molecule has 15 heavy (non-hydrogen) atoms. The van der Waals surface area contributed by atoms with E-state index in [1.807, 2.05) is 6.08 Å². The molecule has 1 rings (SSSR count). The number of allylic oxidation sites excluding steroid dienone is 1. The Morgan fingerprint density at radius 3 is 2.93 bits per heavy atom. The van der Waals surface area contributed by atoms with Gasteiger partial charge in [-0.2, -0.15) is 0 Å². The standard InChI is InChI=1S/C12H21NO2/c1-2-3-4-5-6-9-13-10-7-8-11(13)12(14)15/h2,11H,1,3-10H2,(H,14,15). The van der Waals surface area contributed by atoms with E-state index in [-0.39, 0.29) is 6.04 Å². The molecule has 0 aromatic carbocycles. The second-order valence-corrected chi connectivity index (χ2v) is 4.17. The van der Waals surface area contributed by atoms with Crippen LogP contribution in [0.2, 0.25) is 0 Å². The average Bonchev–Trinajstić information content (AvgIpc) is 2.66. The maximum absolute atomic E-state index is 10.9. The SMILES string of the molecule is C=CCCCCCN1CCCC1C(=O)O. The molecule has 1 N–H and O–H groups in total. The van der Waals surface area contributed by atoms with Crippen LogP contribution in [0.15, 0.2) is 12.7 Å². The van der Waals surface area contributed by atoms with E-state index in [1.54, 1.807) is 0 Å². The van der Waals surface area contributed by atoms with E-state index in [9.17, 15) is 4.79 Å². The molecule has 0 aromatic rings. The molecule has 3 heteroatoms. The lowest BCUT2D eigenvalue weighted by Crippen LogP contribution is -2.36. The summed E-state index contributed by atoms with van der Waals surface area (Å²) in [5, 5.41) is 8.97. The number of rotatable bonds is 7. The maximum atomic E-state index is 10.9. The second kappa shape index (κ2) is 6.62. The van der Waals surface area contributed by atoms with E-state index in [0.717, 1.165) is 38.8 Å². The van der Waals surface area contributed by atoms with Gasteiger partial charge in [-0.15, -0.1) is 6.58 Å². The van der Waals surface area contributed by atoms with Gasteiger partial charge in [0, 0.05) is 0 Å². The topological polar surface area (TPSA) is 40.5 Å². The van der Waals surface area contributed by atoms with E-state index >= 15 is 0 Å². The number of nitrogens with zero attached hydrogens (tertiary/aromatic N) is 1. The summed E-state index contributed by atoms with van der Waals surface area (Å²) in [6, 6.07) is -0.218. The van der Waals surface area contributed by atoms with Gasteiger partial charge in [0.2, 0.25) is 0 Å². The van der Waals surface area contributed by atoms with Crippen LogP contribution >= 0.6 is 0 Å². The molecule has 0 saturated carbocycles. The largest absolute Gasteiger partial charge is 0.480 e. The van der Waals surface area contributed by atoms with E-state index < -0.39 is 5.97 Å². The van der Waals surface area contributed by atoms with E-state index in [1.165, 1.54) is 12.8 Å². The van der Waals surface area contributed by atoms with Crippen LogP contribution in [0, 0.1) is 0 Å². The zero-order valence-corrected chi connectivity index (χ0v) is 9.32. The summed E-state index contributed by atoms with van der Waals surface area (Å²) < 4.78 is 0. The predicted molar refractivity (Wildman–Crippen MR) is 60.9 cm³/mol. The molecule has 1 aliphatic heterocycles. The maximum Gasteiger partial charge on any atom is 0.320 e. The first-order valence-electron chi connectivity index (χ1n) is 5.83. The third kappa shape index (κ3) is 4.04. The van der Waals surface area contributed by atoms with Gasteiger partial charge in [0.1, 0.15) is 6.04 Å². The van der Waals surface area contributed by atoms with Crippen LogP contribution in [-0.4, -0.2) is 35.1 Å². The molecular weight excluding hydrogens is 190 g/mol. The Hall–Kier alpha value is -0.830. The van der Waals surface area contributed by atoms with Gasteiger partial charge >= 0.3 is 5.97 Å². The van der Waals surface area contributed by atoms with Gasteiger partial charge in [0.25, 0.3) is 0 Å². The number of hydrogen-bond donors (Lipinski definition) is 1. The van der Waals surface area contributed by atoms with E-state index in [4.69, 9.17) is 5.11 Å². The number of unbranched alkanes of at least 4 members (excludes halogenated alkanes) is 3. The lowest BCUT2D eigenvalue weighted by molar-refractivity contribution is -0.142. The second-order valence-electron chi connectivity index (χ2n) is 4.17. The Balaban J connectivity index is 2.14. The Morgan fingerprint density at radius 1 is 1.47 bits per heavy atom. The first-order chi connectivity index (χ1) is 7.25. The molecule has 86 valence electrons. The zero-order valence-electron chi connectivity index (χ0n) is 9.32. The van der Waals surface area contributed by atoms with E-state index in [2.05, 4.69) is 11.5 Å². The molecule has 0 amide bonds. The molecule has 1 atom stereocenters. The lowest BCUT2D eigenvalue weighted by Gasteiger charge is -2.20. The molecule has 0 radical (unpaired) electrons. The van der Waals surface area contributed by atoms with Crippen LogP contribution in [0.1, 0.15) is 38.5 Å². The van der Waals surface area contributed by atoms with Crippen molar-refractivity contribution in [2.24, 2.45) is 0 Å². The molecule has 1 saturated heterocycles. The minimum atomic E-state index is -0.654. The summed E-state index contributed by atoms with van der Waals surface area (Å²) in [5.74, 6) is -0.654. The summed E-state index contributed by atoms with van der Waals surface area (Å²) in [7, 11) is 0. The highest BCUT2D eigenvalue weighted by molar-refractivity contribution is 5.73. The number of carboxylic acids is 1. The Kier molecular flexibility index (Phi) is 5.40. The Labute approximate surface area is 91.8 Å². The number of hydrogen-bond acceptors (Lipinski definition) is 2. The highest BCUT2D eigenvalue weighted by Gasteiger charge is 2.29. The first kappa shape index (κ1) is 12.2. The first-order valence-corrected chi connectivity index (χ1v) is 5.83. The van der Waals surface area contributed by atoms with E-state index in [0.29, 0.717) is 0 Å². The highest BCUT2D eigenvalue weighted by Crippen LogP contribution is 2.18. The van der Waals surface area contributed by atoms with Crippen molar-refractivity contribution in [3.8, 4) is 0 Å². The quantitative estimate of drug-likeness (QED) is 0.519.